The number of para-hydroxylation sites is 1. The summed E-state index contributed by atoms with van der Waals surface area (Å²) in [6.45, 7) is 3.93. The molecule has 0 saturated carbocycles. The Labute approximate surface area is 138 Å². The average molecular weight is 320 g/mol. The minimum Gasteiger partial charge on any atom is -0.506 e. The lowest BCUT2D eigenvalue weighted by molar-refractivity contribution is 0.104. The first kappa shape index (κ1) is 15.7. The van der Waals surface area contributed by atoms with Crippen molar-refractivity contribution in [2.24, 2.45) is 0 Å². The predicted octanol–water partition coefficient (Wildman–Crippen LogP) is 4.01. The van der Waals surface area contributed by atoms with Gasteiger partial charge in [0.15, 0.2) is 5.78 Å². The highest BCUT2D eigenvalue weighted by Gasteiger charge is 2.18. The Morgan fingerprint density at radius 2 is 1.88 bits per heavy atom. The summed E-state index contributed by atoms with van der Waals surface area (Å²) in [5.41, 5.74) is 2.07. The zero-order valence-corrected chi connectivity index (χ0v) is 13.4. The van der Waals surface area contributed by atoms with E-state index in [9.17, 15) is 14.7 Å². The van der Waals surface area contributed by atoms with Gasteiger partial charge in [0.25, 0.3) is 0 Å². The summed E-state index contributed by atoms with van der Waals surface area (Å²) >= 11 is 0. The molecule has 0 saturated heterocycles. The smallest absolute Gasteiger partial charge is 0.351 e. The lowest BCUT2D eigenvalue weighted by Gasteiger charge is -2.04. The highest BCUT2D eigenvalue weighted by molar-refractivity contribution is 6.10. The molecular weight excluding hydrogens is 304 g/mol. The maximum absolute atomic E-state index is 12.4. The normalized spacial score (nSPS) is 11.2. The van der Waals surface area contributed by atoms with E-state index in [1.165, 1.54) is 6.08 Å². The molecule has 1 heterocycles. The molecule has 2 aromatic carbocycles. The number of hydrogen-bond acceptors (Lipinski definition) is 4. The van der Waals surface area contributed by atoms with E-state index in [2.05, 4.69) is 0 Å². The van der Waals surface area contributed by atoms with Crippen LogP contribution in [0.3, 0.4) is 0 Å². The summed E-state index contributed by atoms with van der Waals surface area (Å²) in [5.74, 6) is -0.941. The minimum atomic E-state index is -0.846. The molecule has 0 fully saturated rings. The van der Waals surface area contributed by atoms with Gasteiger partial charge in [-0.25, -0.2) is 4.79 Å². The Hall–Kier alpha value is -3.14. The van der Waals surface area contributed by atoms with Crippen LogP contribution in [0, 0.1) is 13.8 Å². The van der Waals surface area contributed by atoms with Gasteiger partial charge in [-0.05, 0) is 43.2 Å². The van der Waals surface area contributed by atoms with E-state index in [-0.39, 0.29) is 16.9 Å². The molecule has 0 amide bonds. The van der Waals surface area contributed by atoms with Crippen LogP contribution in [0.25, 0.3) is 17.0 Å². The van der Waals surface area contributed by atoms with Crippen molar-refractivity contribution in [3.8, 4) is 5.75 Å². The fourth-order valence-corrected chi connectivity index (χ4v) is 2.61. The number of carbonyl (C=O) groups is 1. The average Bonchev–Trinajstić information content (AvgIpc) is 2.54. The number of allylic oxidation sites excluding steroid dienone is 1. The molecule has 0 bridgehead atoms. The fraction of sp³-hybridized carbons (Fsp3) is 0.100. The molecule has 4 heteroatoms. The molecule has 0 spiro atoms. The van der Waals surface area contributed by atoms with Crippen molar-refractivity contribution in [1.82, 2.24) is 0 Å². The number of ketones is 1. The second-order valence-electron chi connectivity index (χ2n) is 5.67. The number of aromatic hydroxyl groups is 1. The molecule has 120 valence electrons. The lowest BCUT2D eigenvalue weighted by atomic mass is 10.0. The molecule has 0 unspecified atom stereocenters. The third-order valence-corrected chi connectivity index (χ3v) is 3.87. The van der Waals surface area contributed by atoms with Gasteiger partial charge in [-0.15, -0.1) is 0 Å². The molecule has 24 heavy (non-hydrogen) atoms. The molecule has 0 aliphatic rings. The third-order valence-electron chi connectivity index (χ3n) is 3.87. The maximum Gasteiger partial charge on any atom is 0.351 e. The van der Waals surface area contributed by atoms with E-state index in [0.717, 1.165) is 16.7 Å². The number of aryl methyl sites for hydroxylation is 2. The summed E-state index contributed by atoms with van der Waals surface area (Å²) in [5, 5.41) is 10.6. The van der Waals surface area contributed by atoms with E-state index in [0.29, 0.717) is 5.39 Å². The van der Waals surface area contributed by atoms with Crippen molar-refractivity contribution >= 4 is 22.8 Å². The van der Waals surface area contributed by atoms with Crippen molar-refractivity contribution in [2.75, 3.05) is 0 Å². The second-order valence-corrected chi connectivity index (χ2v) is 5.67. The molecule has 4 nitrogen and oxygen atoms in total. The van der Waals surface area contributed by atoms with Crippen LogP contribution >= 0.6 is 0 Å². The van der Waals surface area contributed by atoms with Gasteiger partial charge in [0.2, 0.25) is 0 Å². The van der Waals surface area contributed by atoms with Crippen LogP contribution < -0.4 is 5.63 Å². The molecule has 0 aliphatic carbocycles. The highest BCUT2D eigenvalue weighted by Crippen LogP contribution is 2.26. The van der Waals surface area contributed by atoms with E-state index in [4.69, 9.17) is 4.42 Å². The Kier molecular flexibility index (Phi) is 4.04. The Morgan fingerprint density at radius 3 is 2.62 bits per heavy atom. The molecule has 3 rings (SSSR count). The number of carbonyl (C=O) groups excluding carboxylic acids is 1. The number of fused-ring (bicyclic) bond motifs is 1. The van der Waals surface area contributed by atoms with Crippen LogP contribution in [0.5, 0.6) is 5.75 Å². The summed E-state index contributed by atoms with van der Waals surface area (Å²) in [6.07, 6.45) is 2.91. The topological polar surface area (TPSA) is 67.5 Å². The van der Waals surface area contributed by atoms with Crippen LogP contribution in [0.2, 0.25) is 0 Å². The summed E-state index contributed by atoms with van der Waals surface area (Å²) < 4.78 is 5.12. The lowest BCUT2D eigenvalue weighted by Crippen LogP contribution is -2.12. The van der Waals surface area contributed by atoms with Crippen LogP contribution in [0.15, 0.2) is 57.8 Å². The largest absolute Gasteiger partial charge is 0.506 e. The fourth-order valence-electron chi connectivity index (χ4n) is 2.61. The highest BCUT2D eigenvalue weighted by atomic mass is 16.4. The van der Waals surface area contributed by atoms with E-state index in [1.807, 2.05) is 32.0 Å². The predicted molar refractivity (Wildman–Crippen MR) is 93.4 cm³/mol. The van der Waals surface area contributed by atoms with Gasteiger partial charge in [-0.1, -0.05) is 42.0 Å². The van der Waals surface area contributed by atoms with Gasteiger partial charge >= 0.3 is 5.63 Å². The van der Waals surface area contributed by atoms with E-state index < -0.39 is 11.4 Å². The van der Waals surface area contributed by atoms with Crippen LogP contribution in [-0.4, -0.2) is 10.9 Å². The molecule has 1 aromatic heterocycles. The standard InChI is InChI=1S/C20H16O4/c1-12-7-8-14(13(2)11-12)9-10-16(21)18-19(22)15-5-3-4-6-17(15)24-20(18)23/h3-11,22H,1-2H3. The summed E-state index contributed by atoms with van der Waals surface area (Å²) in [7, 11) is 0. The van der Waals surface area contributed by atoms with Gasteiger partial charge in [0, 0.05) is 0 Å². The zero-order chi connectivity index (χ0) is 17.3. The maximum atomic E-state index is 12.4. The third kappa shape index (κ3) is 2.86. The molecule has 0 radical (unpaired) electrons. The van der Waals surface area contributed by atoms with Gasteiger partial charge in [-0.3, -0.25) is 4.79 Å². The quantitative estimate of drug-likeness (QED) is 0.450. The van der Waals surface area contributed by atoms with Crippen molar-refractivity contribution in [1.29, 1.82) is 0 Å². The van der Waals surface area contributed by atoms with Crippen LogP contribution in [-0.2, 0) is 0 Å². The number of rotatable bonds is 3. The SMILES string of the molecule is Cc1ccc(C=CC(=O)c2c(O)c3ccccc3oc2=O)c(C)c1. The van der Waals surface area contributed by atoms with E-state index >= 15 is 0 Å². The van der Waals surface area contributed by atoms with Gasteiger partial charge in [-0.2, -0.15) is 0 Å². The Morgan fingerprint density at radius 1 is 1.12 bits per heavy atom. The van der Waals surface area contributed by atoms with Gasteiger partial charge < -0.3 is 9.52 Å². The van der Waals surface area contributed by atoms with Gasteiger partial charge in [0.05, 0.1) is 5.39 Å². The minimum absolute atomic E-state index is 0.245. The van der Waals surface area contributed by atoms with Crippen molar-refractivity contribution in [3.63, 3.8) is 0 Å². The van der Waals surface area contributed by atoms with E-state index in [1.54, 1.807) is 30.3 Å². The first-order chi connectivity index (χ1) is 11.5. The molecule has 1 N–H and O–H groups in total. The Bertz CT molecular complexity index is 1030. The summed E-state index contributed by atoms with van der Waals surface area (Å²) in [6, 6.07) is 12.4. The van der Waals surface area contributed by atoms with Crippen molar-refractivity contribution in [2.45, 2.75) is 13.8 Å². The van der Waals surface area contributed by atoms with Crippen molar-refractivity contribution in [3.05, 3.63) is 81.2 Å². The van der Waals surface area contributed by atoms with Crippen LogP contribution in [0.4, 0.5) is 0 Å². The number of hydrogen-bond donors (Lipinski definition) is 1. The Balaban J connectivity index is 2.03. The zero-order valence-electron chi connectivity index (χ0n) is 13.4. The first-order valence-electron chi connectivity index (χ1n) is 7.52. The summed E-state index contributed by atoms with van der Waals surface area (Å²) in [4.78, 5) is 24.4. The van der Waals surface area contributed by atoms with Crippen molar-refractivity contribution < 1.29 is 14.3 Å². The number of benzene rings is 2. The molecule has 0 atom stereocenters. The molecule has 0 aliphatic heterocycles. The monoisotopic (exact) mass is 320 g/mol. The van der Waals surface area contributed by atoms with Gasteiger partial charge in [0.1, 0.15) is 16.9 Å². The second kappa shape index (κ2) is 6.16. The molecule has 3 aromatic rings. The first-order valence-corrected chi connectivity index (χ1v) is 7.52. The van der Waals surface area contributed by atoms with Crippen LogP contribution in [0.1, 0.15) is 27.0 Å². The molecular formula is C20H16O4.